The highest BCUT2D eigenvalue weighted by Crippen LogP contribution is 2.41. The Balaban J connectivity index is 1.21. The first-order valence-corrected chi connectivity index (χ1v) is 11.4. The van der Waals surface area contributed by atoms with Crippen LogP contribution in [0.5, 0.6) is 0 Å². The van der Waals surface area contributed by atoms with E-state index in [1.165, 1.54) is 4.90 Å². The Morgan fingerprint density at radius 2 is 1.90 bits per heavy atom. The van der Waals surface area contributed by atoms with Gasteiger partial charge in [-0.2, -0.15) is 5.10 Å². The lowest BCUT2D eigenvalue weighted by atomic mass is 9.77. The molecular formula is C23H25N3O3S. The summed E-state index contributed by atoms with van der Waals surface area (Å²) in [6, 6.07) is 15.7. The van der Waals surface area contributed by atoms with Crippen molar-refractivity contribution in [2.75, 3.05) is 13.1 Å². The molecule has 3 aromatic rings. The van der Waals surface area contributed by atoms with E-state index in [1.54, 1.807) is 24.0 Å². The highest BCUT2D eigenvalue weighted by atomic mass is 32.2. The lowest BCUT2D eigenvalue weighted by Gasteiger charge is -2.35. The summed E-state index contributed by atoms with van der Waals surface area (Å²) in [6.45, 7) is 1.39. The molecule has 7 heteroatoms. The maximum atomic E-state index is 13.0. The maximum absolute atomic E-state index is 13.0. The van der Waals surface area contributed by atoms with E-state index in [0.29, 0.717) is 42.9 Å². The van der Waals surface area contributed by atoms with Crippen molar-refractivity contribution in [1.29, 1.82) is 0 Å². The monoisotopic (exact) mass is 423 g/mol. The third-order valence-corrected chi connectivity index (χ3v) is 7.29. The van der Waals surface area contributed by atoms with Crippen molar-refractivity contribution in [3.8, 4) is 0 Å². The number of rotatable bonds is 5. The van der Waals surface area contributed by atoms with Gasteiger partial charge in [-0.05, 0) is 55.0 Å². The number of furan rings is 1. The molecule has 1 saturated heterocycles. The molecule has 0 unspecified atom stereocenters. The van der Waals surface area contributed by atoms with Crippen LogP contribution < -0.4 is 0 Å². The number of carbonyl (C=O) groups is 1. The first-order chi connectivity index (χ1) is 14.7. The minimum atomic E-state index is -0.425. The van der Waals surface area contributed by atoms with Crippen molar-refractivity contribution < 1.29 is 14.3 Å². The first kappa shape index (κ1) is 19.5. The molecule has 2 aliphatic rings. The van der Waals surface area contributed by atoms with Crippen molar-refractivity contribution in [2.45, 2.75) is 35.6 Å². The largest absolute Gasteiger partial charge is 0.455 e. The van der Waals surface area contributed by atoms with E-state index in [9.17, 15) is 9.90 Å². The third kappa shape index (κ3) is 3.91. The topological polar surface area (TPSA) is 71.5 Å². The number of hydrogen-bond donors (Lipinski definition) is 1. The van der Waals surface area contributed by atoms with Crippen LogP contribution in [0.3, 0.4) is 0 Å². The number of aliphatic hydroxyl groups excluding tert-OH is 1. The number of carbonyl (C=O) groups excluding carboxylic acids is 1. The van der Waals surface area contributed by atoms with E-state index < -0.39 is 6.10 Å². The molecule has 1 N–H and O–H groups in total. The van der Waals surface area contributed by atoms with Gasteiger partial charge < -0.3 is 14.4 Å². The smallest absolute Gasteiger partial charge is 0.289 e. The van der Waals surface area contributed by atoms with Crippen LogP contribution in [0, 0.1) is 11.8 Å². The summed E-state index contributed by atoms with van der Waals surface area (Å²) in [5.41, 5.74) is 0. The number of benzene rings is 1. The maximum Gasteiger partial charge on any atom is 0.289 e. The van der Waals surface area contributed by atoms with Gasteiger partial charge in [0, 0.05) is 30.4 Å². The van der Waals surface area contributed by atoms with E-state index in [4.69, 9.17) is 4.42 Å². The molecule has 1 aliphatic heterocycles. The number of nitrogens with zero attached hydrogens (tertiary/aromatic N) is 3. The predicted molar refractivity (Wildman–Crippen MR) is 114 cm³/mol. The molecule has 156 valence electrons. The number of amides is 1. The molecule has 30 heavy (non-hydrogen) atoms. The summed E-state index contributed by atoms with van der Waals surface area (Å²) < 4.78 is 7.71. The van der Waals surface area contributed by atoms with Crippen LogP contribution >= 0.6 is 11.8 Å². The normalized spacial score (nSPS) is 26.0. The van der Waals surface area contributed by atoms with E-state index in [-0.39, 0.29) is 11.9 Å². The minimum Gasteiger partial charge on any atom is -0.455 e. The summed E-state index contributed by atoms with van der Waals surface area (Å²) in [4.78, 5) is 16.1. The van der Waals surface area contributed by atoms with E-state index in [1.807, 2.05) is 46.1 Å². The van der Waals surface area contributed by atoms with Crippen LogP contribution in [0.15, 0.2) is 70.2 Å². The molecule has 6 nitrogen and oxygen atoms in total. The molecule has 2 aromatic heterocycles. The zero-order chi connectivity index (χ0) is 20.5. The van der Waals surface area contributed by atoms with Gasteiger partial charge in [-0.25, -0.2) is 0 Å². The van der Waals surface area contributed by atoms with Gasteiger partial charge in [0.1, 0.15) is 5.76 Å². The van der Waals surface area contributed by atoms with Crippen LogP contribution in [-0.2, 0) is 5.75 Å². The predicted octanol–water partition coefficient (Wildman–Crippen LogP) is 3.85. The fourth-order valence-electron chi connectivity index (χ4n) is 4.73. The second kappa shape index (κ2) is 8.32. The van der Waals surface area contributed by atoms with Crippen LogP contribution in [-0.4, -0.2) is 44.9 Å². The summed E-state index contributed by atoms with van der Waals surface area (Å²) in [5, 5.41) is 14.9. The number of likely N-dealkylation sites (tertiary alicyclic amines) is 1. The van der Waals surface area contributed by atoms with Gasteiger partial charge in [0.15, 0.2) is 5.76 Å². The summed E-state index contributed by atoms with van der Waals surface area (Å²) in [7, 11) is 0. The van der Waals surface area contributed by atoms with Gasteiger partial charge in [0.2, 0.25) is 0 Å². The molecule has 5 rings (SSSR count). The molecule has 1 saturated carbocycles. The highest BCUT2D eigenvalue weighted by Gasteiger charge is 2.44. The lowest BCUT2D eigenvalue weighted by molar-refractivity contribution is 0.0306. The van der Waals surface area contributed by atoms with Crippen molar-refractivity contribution in [3.63, 3.8) is 0 Å². The Morgan fingerprint density at radius 1 is 1.10 bits per heavy atom. The summed E-state index contributed by atoms with van der Waals surface area (Å²) in [5.74, 6) is 2.57. The van der Waals surface area contributed by atoms with Gasteiger partial charge >= 0.3 is 0 Å². The fraction of sp³-hybridized carbons (Fsp3) is 0.391. The molecule has 1 amide bonds. The number of aliphatic hydroxyl groups is 1. The standard InChI is InChI=1S/C23H25N3O3S/c27-21-12-17-14-25(13-16(17)11-20(21)26-10-4-9-24-26)23(28)22-8-7-18(29-22)15-30-19-5-2-1-3-6-19/h1-10,16-17,20-21,27H,11-15H2/t16-,17+,20-,21-/m1/s1. The van der Waals surface area contributed by atoms with E-state index >= 15 is 0 Å². The van der Waals surface area contributed by atoms with Crippen LogP contribution in [0.25, 0.3) is 0 Å². The van der Waals surface area contributed by atoms with Crippen LogP contribution in [0.2, 0.25) is 0 Å². The molecule has 0 radical (unpaired) electrons. The Hall–Kier alpha value is -2.51. The Bertz CT molecular complexity index is 988. The molecule has 2 fully saturated rings. The van der Waals surface area contributed by atoms with Gasteiger partial charge in [0.25, 0.3) is 5.91 Å². The van der Waals surface area contributed by atoms with Gasteiger partial charge in [-0.1, -0.05) is 18.2 Å². The molecule has 0 bridgehead atoms. The number of thioether (sulfide) groups is 1. The molecule has 4 atom stereocenters. The van der Waals surface area contributed by atoms with Gasteiger partial charge in [-0.15, -0.1) is 11.8 Å². The lowest BCUT2D eigenvalue weighted by Crippen LogP contribution is -2.36. The number of aromatic nitrogens is 2. The third-order valence-electron chi connectivity index (χ3n) is 6.26. The molecule has 0 spiro atoms. The SMILES string of the molecule is O=C(c1ccc(CSc2ccccc2)o1)N1C[C@H]2C[C@@H](n3cccn3)[C@H](O)C[C@H]2C1. The van der Waals surface area contributed by atoms with Crippen molar-refractivity contribution in [3.05, 3.63) is 72.4 Å². The molecule has 3 heterocycles. The molecular weight excluding hydrogens is 398 g/mol. The molecule has 1 aliphatic carbocycles. The molecule has 1 aromatic carbocycles. The highest BCUT2D eigenvalue weighted by molar-refractivity contribution is 7.98. The van der Waals surface area contributed by atoms with Crippen molar-refractivity contribution in [2.24, 2.45) is 11.8 Å². The fourth-order valence-corrected chi connectivity index (χ4v) is 5.55. The summed E-state index contributed by atoms with van der Waals surface area (Å²) in [6.07, 6.45) is 4.77. The zero-order valence-corrected chi connectivity index (χ0v) is 17.4. The van der Waals surface area contributed by atoms with E-state index in [2.05, 4.69) is 17.2 Å². The Kier molecular flexibility index (Phi) is 5.39. The van der Waals surface area contributed by atoms with Crippen LogP contribution in [0.4, 0.5) is 0 Å². The number of fused-ring (bicyclic) bond motifs is 1. The Morgan fingerprint density at radius 3 is 2.67 bits per heavy atom. The average Bonchev–Trinajstić information content (AvgIpc) is 3.52. The summed E-state index contributed by atoms with van der Waals surface area (Å²) >= 11 is 1.69. The average molecular weight is 424 g/mol. The second-order valence-electron chi connectivity index (χ2n) is 8.19. The van der Waals surface area contributed by atoms with Crippen LogP contribution in [0.1, 0.15) is 35.2 Å². The quantitative estimate of drug-likeness (QED) is 0.631. The van der Waals surface area contributed by atoms with Crippen molar-refractivity contribution >= 4 is 17.7 Å². The second-order valence-corrected chi connectivity index (χ2v) is 9.24. The van der Waals surface area contributed by atoms with Gasteiger partial charge in [-0.3, -0.25) is 9.48 Å². The minimum absolute atomic E-state index is 0.0125. The van der Waals surface area contributed by atoms with Crippen molar-refractivity contribution in [1.82, 2.24) is 14.7 Å². The zero-order valence-electron chi connectivity index (χ0n) is 16.6. The Labute approximate surface area is 179 Å². The van der Waals surface area contributed by atoms with Gasteiger partial charge in [0.05, 0.1) is 17.9 Å². The number of hydrogen-bond acceptors (Lipinski definition) is 5. The van der Waals surface area contributed by atoms with E-state index in [0.717, 1.165) is 12.2 Å². The first-order valence-electron chi connectivity index (χ1n) is 10.4.